The second-order valence-electron chi connectivity index (χ2n) is 6.87. The predicted octanol–water partition coefficient (Wildman–Crippen LogP) is 3.50. The first-order chi connectivity index (χ1) is 10.2. The van der Waals surface area contributed by atoms with E-state index in [2.05, 4.69) is 5.10 Å². The second-order valence-corrected chi connectivity index (χ2v) is 8.68. The lowest BCUT2D eigenvalue weighted by atomic mass is 9.95. The molecule has 0 aromatic carbocycles. The third-order valence-corrected chi connectivity index (χ3v) is 6.63. The Morgan fingerprint density at radius 1 is 1.18 bits per heavy atom. The standard InChI is InChI=1S/C16H29N3O2S/c1-12(2)18-11-16(14(5)17-18)22(20,21)19(13(3)4)15-9-7-6-8-10-15/h11-13,15H,6-10H2,1-5H3. The Morgan fingerprint density at radius 3 is 2.23 bits per heavy atom. The van der Waals surface area contributed by atoms with Gasteiger partial charge in [0.05, 0.1) is 5.69 Å². The minimum Gasteiger partial charge on any atom is -0.269 e. The van der Waals surface area contributed by atoms with Crippen LogP contribution in [0.25, 0.3) is 0 Å². The van der Waals surface area contributed by atoms with E-state index < -0.39 is 10.0 Å². The monoisotopic (exact) mass is 327 g/mol. The molecule has 126 valence electrons. The van der Waals surface area contributed by atoms with Crippen molar-refractivity contribution < 1.29 is 8.42 Å². The molecule has 0 aliphatic heterocycles. The molecular weight excluding hydrogens is 298 g/mol. The molecule has 1 aromatic rings. The Bertz CT molecular complexity index is 599. The first kappa shape index (κ1) is 17.5. The molecule has 0 bridgehead atoms. The topological polar surface area (TPSA) is 55.2 Å². The molecule has 0 amide bonds. The first-order valence-corrected chi connectivity index (χ1v) is 9.78. The van der Waals surface area contributed by atoms with Crippen LogP contribution in [0.4, 0.5) is 0 Å². The summed E-state index contributed by atoms with van der Waals surface area (Å²) in [4.78, 5) is 0.362. The van der Waals surface area contributed by atoms with Gasteiger partial charge in [-0.2, -0.15) is 9.40 Å². The number of aryl methyl sites for hydroxylation is 1. The quantitative estimate of drug-likeness (QED) is 0.831. The molecule has 6 heteroatoms. The van der Waals surface area contributed by atoms with Crippen LogP contribution >= 0.6 is 0 Å². The van der Waals surface area contributed by atoms with Crippen molar-refractivity contribution in [2.45, 2.75) is 89.7 Å². The summed E-state index contributed by atoms with van der Waals surface area (Å²) in [6, 6.07) is 0.250. The molecule has 22 heavy (non-hydrogen) atoms. The van der Waals surface area contributed by atoms with Gasteiger partial charge < -0.3 is 0 Å². The molecule has 0 radical (unpaired) electrons. The molecule has 0 N–H and O–H groups in total. The van der Waals surface area contributed by atoms with E-state index in [0.29, 0.717) is 10.6 Å². The van der Waals surface area contributed by atoms with Crippen LogP contribution in [0.1, 0.15) is 71.5 Å². The molecule has 0 spiro atoms. The highest BCUT2D eigenvalue weighted by Crippen LogP contribution is 2.30. The molecule has 1 aliphatic rings. The Morgan fingerprint density at radius 2 is 1.77 bits per heavy atom. The summed E-state index contributed by atoms with van der Waals surface area (Å²) in [5.41, 5.74) is 0.593. The zero-order valence-electron chi connectivity index (χ0n) is 14.4. The van der Waals surface area contributed by atoms with E-state index >= 15 is 0 Å². The van der Waals surface area contributed by atoms with Gasteiger partial charge in [0.1, 0.15) is 4.90 Å². The van der Waals surface area contributed by atoms with Crippen molar-refractivity contribution in [3.63, 3.8) is 0 Å². The summed E-state index contributed by atoms with van der Waals surface area (Å²) in [7, 11) is -3.49. The van der Waals surface area contributed by atoms with Crippen LogP contribution in [0.3, 0.4) is 0 Å². The number of aromatic nitrogens is 2. The van der Waals surface area contributed by atoms with Gasteiger partial charge in [0.2, 0.25) is 10.0 Å². The van der Waals surface area contributed by atoms with E-state index in [0.717, 1.165) is 25.7 Å². The lowest BCUT2D eigenvalue weighted by molar-refractivity contribution is 0.220. The van der Waals surface area contributed by atoms with Crippen LogP contribution < -0.4 is 0 Å². The summed E-state index contributed by atoms with van der Waals surface area (Å²) in [5, 5.41) is 4.37. The smallest absolute Gasteiger partial charge is 0.246 e. The number of sulfonamides is 1. The second kappa shape index (κ2) is 6.71. The van der Waals surface area contributed by atoms with E-state index in [1.165, 1.54) is 6.42 Å². The number of rotatable bonds is 5. The van der Waals surface area contributed by atoms with Gasteiger partial charge in [-0.15, -0.1) is 0 Å². The number of nitrogens with zero attached hydrogens (tertiary/aromatic N) is 3. The number of hydrogen-bond donors (Lipinski definition) is 0. The molecule has 1 heterocycles. The van der Waals surface area contributed by atoms with E-state index in [9.17, 15) is 8.42 Å². The Balaban J connectivity index is 2.41. The molecule has 1 aromatic heterocycles. The average Bonchev–Trinajstić information content (AvgIpc) is 2.82. The fourth-order valence-corrected chi connectivity index (χ4v) is 5.37. The van der Waals surface area contributed by atoms with E-state index in [1.54, 1.807) is 22.1 Å². The molecule has 5 nitrogen and oxygen atoms in total. The predicted molar refractivity (Wildman–Crippen MR) is 88.4 cm³/mol. The van der Waals surface area contributed by atoms with Crippen molar-refractivity contribution in [1.29, 1.82) is 0 Å². The van der Waals surface area contributed by atoms with E-state index in [-0.39, 0.29) is 18.1 Å². The first-order valence-electron chi connectivity index (χ1n) is 8.34. The van der Waals surface area contributed by atoms with Gasteiger partial charge in [-0.3, -0.25) is 4.68 Å². The SMILES string of the molecule is Cc1nn(C(C)C)cc1S(=O)(=O)N(C(C)C)C1CCCCC1. The minimum atomic E-state index is -3.49. The molecular formula is C16H29N3O2S. The van der Waals surface area contributed by atoms with Crippen molar-refractivity contribution in [1.82, 2.24) is 14.1 Å². The summed E-state index contributed by atoms with van der Waals surface area (Å²) in [6.45, 7) is 9.72. The van der Waals surface area contributed by atoms with Gasteiger partial charge >= 0.3 is 0 Å². The minimum absolute atomic E-state index is 0.0325. The maximum atomic E-state index is 13.2. The Hall–Kier alpha value is -0.880. The van der Waals surface area contributed by atoms with Crippen molar-refractivity contribution in [3.8, 4) is 0 Å². The lowest BCUT2D eigenvalue weighted by Crippen LogP contribution is -2.45. The number of hydrogen-bond acceptors (Lipinski definition) is 3. The zero-order chi connectivity index (χ0) is 16.5. The molecule has 1 fully saturated rings. The highest BCUT2D eigenvalue weighted by Gasteiger charge is 2.36. The van der Waals surface area contributed by atoms with Gasteiger partial charge in [0.15, 0.2) is 0 Å². The molecule has 2 rings (SSSR count). The normalized spacial score (nSPS) is 17.8. The molecule has 1 saturated carbocycles. The van der Waals surface area contributed by atoms with Crippen LogP contribution in [-0.4, -0.2) is 34.6 Å². The summed E-state index contributed by atoms with van der Waals surface area (Å²) < 4.78 is 29.9. The van der Waals surface area contributed by atoms with Crippen molar-refractivity contribution in [3.05, 3.63) is 11.9 Å². The largest absolute Gasteiger partial charge is 0.269 e. The lowest BCUT2D eigenvalue weighted by Gasteiger charge is -2.36. The van der Waals surface area contributed by atoms with Gasteiger partial charge in [-0.1, -0.05) is 19.3 Å². The van der Waals surface area contributed by atoms with Gasteiger partial charge in [0, 0.05) is 24.3 Å². The van der Waals surface area contributed by atoms with Crippen molar-refractivity contribution in [2.24, 2.45) is 0 Å². The van der Waals surface area contributed by atoms with Gasteiger partial charge in [0.25, 0.3) is 0 Å². The van der Waals surface area contributed by atoms with Crippen LogP contribution in [0, 0.1) is 6.92 Å². The molecule has 0 unspecified atom stereocenters. The maximum Gasteiger partial charge on any atom is 0.246 e. The summed E-state index contributed by atoms with van der Waals surface area (Å²) >= 11 is 0. The van der Waals surface area contributed by atoms with Crippen LogP contribution in [0.5, 0.6) is 0 Å². The third-order valence-electron chi connectivity index (χ3n) is 4.40. The average molecular weight is 327 g/mol. The fraction of sp³-hybridized carbons (Fsp3) is 0.812. The molecule has 0 saturated heterocycles. The van der Waals surface area contributed by atoms with Crippen LogP contribution in [-0.2, 0) is 10.0 Å². The highest BCUT2D eigenvalue weighted by atomic mass is 32.2. The zero-order valence-corrected chi connectivity index (χ0v) is 15.2. The van der Waals surface area contributed by atoms with Crippen LogP contribution in [0.15, 0.2) is 11.1 Å². The maximum absolute atomic E-state index is 13.2. The van der Waals surface area contributed by atoms with Crippen molar-refractivity contribution >= 4 is 10.0 Å². The Labute approximate surface area is 134 Å². The summed E-state index contributed by atoms with van der Waals surface area (Å²) in [5.74, 6) is 0. The Kier molecular flexibility index (Phi) is 5.33. The van der Waals surface area contributed by atoms with E-state index in [4.69, 9.17) is 0 Å². The highest BCUT2D eigenvalue weighted by molar-refractivity contribution is 7.89. The molecule has 1 aliphatic carbocycles. The van der Waals surface area contributed by atoms with Gasteiger partial charge in [-0.05, 0) is 47.5 Å². The van der Waals surface area contributed by atoms with Crippen LogP contribution in [0.2, 0.25) is 0 Å². The van der Waals surface area contributed by atoms with E-state index in [1.807, 2.05) is 27.7 Å². The molecule has 0 atom stereocenters. The summed E-state index contributed by atoms with van der Waals surface area (Å²) in [6.07, 6.45) is 7.07. The third kappa shape index (κ3) is 3.38. The van der Waals surface area contributed by atoms with Gasteiger partial charge in [-0.25, -0.2) is 8.42 Å². The van der Waals surface area contributed by atoms with Crippen molar-refractivity contribution in [2.75, 3.05) is 0 Å². The fourth-order valence-electron chi connectivity index (χ4n) is 3.33.